The maximum Gasteiger partial charge on any atom is 0.227 e. The van der Waals surface area contributed by atoms with E-state index in [-0.39, 0.29) is 5.91 Å². The lowest BCUT2D eigenvalue weighted by molar-refractivity contribution is -0.136. The molecule has 0 aliphatic carbocycles. The Morgan fingerprint density at radius 1 is 1.61 bits per heavy atom. The van der Waals surface area contributed by atoms with Crippen LogP contribution in [0, 0.1) is 5.41 Å². The van der Waals surface area contributed by atoms with E-state index >= 15 is 0 Å². The molecule has 1 aliphatic heterocycles. The van der Waals surface area contributed by atoms with Crippen LogP contribution in [0.15, 0.2) is 12.4 Å². The predicted octanol–water partition coefficient (Wildman–Crippen LogP) is -0.208. The first-order valence-electron chi connectivity index (χ1n) is 6.20. The van der Waals surface area contributed by atoms with Crippen LogP contribution in [-0.4, -0.2) is 35.4 Å². The predicted molar refractivity (Wildman–Crippen MR) is 66.6 cm³/mol. The number of hydrogen-bond donors (Lipinski definition) is 2. The summed E-state index contributed by atoms with van der Waals surface area (Å²) in [5.74, 6) is 0.0251. The summed E-state index contributed by atoms with van der Waals surface area (Å²) in [5, 5.41) is 7.01. The summed E-state index contributed by atoms with van der Waals surface area (Å²) >= 11 is 0. The summed E-state index contributed by atoms with van der Waals surface area (Å²) in [4.78, 5) is 12.3. The number of rotatable bonds is 4. The number of nitrogens with zero attached hydrogens (tertiary/aromatic N) is 2. The van der Waals surface area contributed by atoms with E-state index in [9.17, 15) is 4.79 Å². The Balaban J connectivity index is 1.93. The molecule has 1 amide bonds. The van der Waals surface area contributed by atoms with Crippen molar-refractivity contribution in [2.45, 2.75) is 19.4 Å². The molecule has 1 saturated heterocycles. The molecule has 2 heterocycles. The van der Waals surface area contributed by atoms with Crippen LogP contribution in [0.25, 0.3) is 0 Å². The lowest BCUT2D eigenvalue weighted by atomic mass is 9.79. The molecule has 2 rings (SSSR count). The van der Waals surface area contributed by atoms with Crippen LogP contribution < -0.4 is 11.1 Å². The summed E-state index contributed by atoms with van der Waals surface area (Å²) in [6.07, 6.45) is 5.03. The van der Waals surface area contributed by atoms with Gasteiger partial charge >= 0.3 is 0 Å². The van der Waals surface area contributed by atoms with E-state index in [1.165, 1.54) is 0 Å². The van der Waals surface area contributed by atoms with Crippen LogP contribution >= 0.6 is 0 Å². The van der Waals surface area contributed by atoms with Crippen molar-refractivity contribution in [1.29, 1.82) is 0 Å². The van der Waals surface area contributed by atoms with Crippen LogP contribution in [0.4, 0.5) is 0 Å². The van der Waals surface area contributed by atoms with E-state index in [2.05, 4.69) is 10.4 Å². The molecular formula is C12H20N4O2. The van der Waals surface area contributed by atoms with Gasteiger partial charge in [-0.3, -0.25) is 9.48 Å². The van der Waals surface area contributed by atoms with Gasteiger partial charge in [-0.2, -0.15) is 5.10 Å². The summed E-state index contributed by atoms with van der Waals surface area (Å²) in [7, 11) is 1.85. The smallest absolute Gasteiger partial charge is 0.227 e. The number of nitrogens with one attached hydrogen (secondary N) is 1. The molecule has 100 valence electrons. The van der Waals surface area contributed by atoms with E-state index in [4.69, 9.17) is 10.5 Å². The number of aromatic nitrogens is 2. The zero-order valence-corrected chi connectivity index (χ0v) is 10.7. The fourth-order valence-corrected chi connectivity index (χ4v) is 2.22. The SMILES string of the molecule is Cn1cc(CNC(=O)C2(CN)CCOCC2)cn1. The Hall–Kier alpha value is -1.40. The maximum absolute atomic E-state index is 12.3. The van der Waals surface area contributed by atoms with E-state index in [0.717, 1.165) is 5.56 Å². The molecule has 0 atom stereocenters. The van der Waals surface area contributed by atoms with E-state index in [1.54, 1.807) is 10.9 Å². The van der Waals surface area contributed by atoms with Gasteiger partial charge in [0.05, 0.1) is 11.6 Å². The second-order valence-corrected chi connectivity index (χ2v) is 4.80. The summed E-state index contributed by atoms with van der Waals surface area (Å²) < 4.78 is 7.01. The maximum atomic E-state index is 12.3. The Kier molecular flexibility index (Phi) is 3.98. The van der Waals surface area contributed by atoms with Crippen LogP contribution in [0.1, 0.15) is 18.4 Å². The van der Waals surface area contributed by atoms with Gasteiger partial charge < -0.3 is 15.8 Å². The van der Waals surface area contributed by atoms with Gasteiger partial charge in [0.25, 0.3) is 0 Å². The third-order valence-corrected chi connectivity index (χ3v) is 3.53. The highest BCUT2D eigenvalue weighted by atomic mass is 16.5. The number of carbonyl (C=O) groups excluding carboxylic acids is 1. The highest BCUT2D eigenvalue weighted by molar-refractivity contribution is 5.83. The number of ether oxygens (including phenoxy) is 1. The molecule has 3 N–H and O–H groups in total. The average Bonchev–Trinajstić information content (AvgIpc) is 2.82. The van der Waals surface area contributed by atoms with Crippen molar-refractivity contribution in [3.05, 3.63) is 18.0 Å². The number of hydrogen-bond acceptors (Lipinski definition) is 4. The fourth-order valence-electron chi connectivity index (χ4n) is 2.22. The third-order valence-electron chi connectivity index (χ3n) is 3.53. The van der Waals surface area contributed by atoms with Crippen molar-refractivity contribution in [3.63, 3.8) is 0 Å². The lowest BCUT2D eigenvalue weighted by Gasteiger charge is -2.34. The Bertz CT molecular complexity index is 410. The van der Waals surface area contributed by atoms with E-state index < -0.39 is 5.41 Å². The highest BCUT2D eigenvalue weighted by Crippen LogP contribution is 2.29. The van der Waals surface area contributed by atoms with Crippen molar-refractivity contribution < 1.29 is 9.53 Å². The van der Waals surface area contributed by atoms with Crippen LogP contribution in [-0.2, 0) is 23.1 Å². The minimum Gasteiger partial charge on any atom is -0.381 e. The minimum atomic E-state index is -0.458. The molecule has 0 unspecified atom stereocenters. The second-order valence-electron chi connectivity index (χ2n) is 4.80. The highest BCUT2D eigenvalue weighted by Gasteiger charge is 2.38. The topological polar surface area (TPSA) is 82.2 Å². The fraction of sp³-hybridized carbons (Fsp3) is 0.667. The van der Waals surface area contributed by atoms with Gasteiger partial charge in [-0.25, -0.2) is 0 Å². The van der Waals surface area contributed by atoms with E-state index in [0.29, 0.717) is 39.1 Å². The van der Waals surface area contributed by atoms with Gasteiger partial charge in [0.15, 0.2) is 0 Å². The number of amides is 1. The number of nitrogens with two attached hydrogens (primary N) is 1. The first-order valence-corrected chi connectivity index (χ1v) is 6.20. The van der Waals surface area contributed by atoms with Gasteiger partial charge in [-0.15, -0.1) is 0 Å². The van der Waals surface area contributed by atoms with Gasteiger partial charge in [0.1, 0.15) is 0 Å². The number of aryl methyl sites for hydroxylation is 1. The molecule has 6 heteroatoms. The zero-order chi connectivity index (χ0) is 13.0. The molecule has 1 aromatic heterocycles. The second kappa shape index (κ2) is 5.49. The summed E-state index contributed by atoms with van der Waals surface area (Å²) in [5.41, 5.74) is 6.31. The van der Waals surface area contributed by atoms with Crippen molar-refractivity contribution in [1.82, 2.24) is 15.1 Å². The normalized spacial score (nSPS) is 18.6. The first-order chi connectivity index (χ1) is 8.66. The molecule has 18 heavy (non-hydrogen) atoms. The van der Waals surface area contributed by atoms with Crippen molar-refractivity contribution >= 4 is 5.91 Å². The average molecular weight is 252 g/mol. The van der Waals surface area contributed by atoms with Crippen molar-refractivity contribution in [3.8, 4) is 0 Å². The molecular weight excluding hydrogens is 232 g/mol. The molecule has 0 radical (unpaired) electrons. The Labute approximate surface area is 106 Å². The quantitative estimate of drug-likeness (QED) is 0.777. The van der Waals surface area contributed by atoms with Gasteiger partial charge in [0, 0.05) is 45.1 Å². The molecule has 6 nitrogen and oxygen atoms in total. The number of carbonyl (C=O) groups is 1. The summed E-state index contributed by atoms with van der Waals surface area (Å²) in [6.45, 7) is 2.08. The Morgan fingerprint density at radius 3 is 2.89 bits per heavy atom. The van der Waals surface area contributed by atoms with Crippen molar-refractivity contribution in [2.75, 3.05) is 19.8 Å². The van der Waals surface area contributed by atoms with Crippen LogP contribution in [0.3, 0.4) is 0 Å². The molecule has 0 aromatic carbocycles. The van der Waals surface area contributed by atoms with Gasteiger partial charge in [-0.1, -0.05) is 0 Å². The van der Waals surface area contributed by atoms with Crippen LogP contribution in [0.2, 0.25) is 0 Å². The largest absolute Gasteiger partial charge is 0.381 e. The summed E-state index contributed by atoms with van der Waals surface area (Å²) in [6, 6.07) is 0. The van der Waals surface area contributed by atoms with Gasteiger partial charge in [-0.05, 0) is 12.8 Å². The van der Waals surface area contributed by atoms with Gasteiger partial charge in [0.2, 0.25) is 5.91 Å². The zero-order valence-electron chi connectivity index (χ0n) is 10.7. The third kappa shape index (κ3) is 2.70. The minimum absolute atomic E-state index is 0.0251. The molecule has 1 fully saturated rings. The van der Waals surface area contributed by atoms with E-state index in [1.807, 2.05) is 13.2 Å². The molecule has 1 aliphatic rings. The molecule has 0 saturated carbocycles. The lowest BCUT2D eigenvalue weighted by Crippen LogP contribution is -2.48. The molecule has 0 spiro atoms. The monoisotopic (exact) mass is 252 g/mol. The Morgan fingerprint density at radius 2 is 2.33 bits per heavy atom. The molecule has 1 aromatic rings. The standard InChI is InChI=1S/C12H20N4O2/c1-16-8-10(7-15-16)6-14-11(17)12(9-13)2-4-18-5-3-12/h7-8H,2-6,9,13H2,1H3,(H,14,17). The first kappa shape index (κ1) is 13.0. The van der Waals surface area contributed by atoms with Crippen molar-refractivity contribution in [2.24, 2.45) is 18.2 Å². The van der Waals surface area contributed by atoms with Crippen LogP contribution in [0.5, 0.6) is 0 Å². The molecule has 0 bridgehead atoms.